The third kappa shape index (κ3) is 18.0. The molecule has 0 bridgehead atoms. The summed E-state index contributed by atoms with van der Waals surface area (Å²) in [6.07, 6.45) is 17.1. The average molecular weight is 1940 g/mol. The van der Waals surface area contributed by atoms with E-state index < -0.39 is 0 Å². The van der Waals surface area contributed by atoms with Gasteiger partial charge in [-0.15, -0.1) is 35.7 Å². The number of hydrogen-bond donors (Lipinski definition) is 1. The second kappa shape index (κ2) is 37.7. The van der Waals surface area contributed by atoms with Crippen LogP contribution in [0, 0.1) is 74.4 Å². The van der Waals surface area contributed by atoms with Gasteiger partial charge in [-0.25, -0.2) is 24.3 Å². The van der Waals surface area contributed by atoms with Crippen molar-refractivity contribution >= 4 is 81.3 Å². The molecule has 0 atom stereocenters. The Morgan fingerprint density at radius 2 is 0.721 bits per heavy atom. The average Bonchev–Trinajstić information content (AvgIpc) is 1.60. The molecule has 0 radical (unpaired) electrons. The number of pyridine rings is 3. The van der Waals surface area contributed by atoms with Crippen LogP contribution in [-0.4, -0.2) is 84.4 Å². The Hall–Kier alpha value is -14.9. The molecule has 0 unspecified atom stereocenters. The van der Waals surface area contributed by atoms with Crippen molar-refractivity contribution in [1.29, 1.82) is 0 Å². The first kappa shape index (κ1) is 87.6. The van der Waals surface area contributed by atoms with Crippen molar-refractivity contribution in [1.82, 2.24) is 58.0 Å². The number of rotatable bonds is 16. The summed E-state index contributed by atoms with van der Waals surface area (Å²) < 4.78 is 42.0. The monoisotopic (exact) mass is 1940 g/mol. The maximum atomic E-state index is 9.58. The quantitative estimate of drug-likeness (QED) is 0.0909. The van der Waals surface area contributed by atoms with Gasteiger partial charge in [0.15, 0.2) is 0 Å². The summed E-state index contributed by atoms with van der Waals surface area (Å²) in [5.74, 6) is 7.53. The van der Waals surface area contributed by atoms with Gasteiger partial charge in [0.2, 0.25) is 0 Å². The van der Waals surface area contributed by atoms with E-state index in [0.717, 1.165) is 139 Å². The normalized spacial score (nSPS) is 11.0. The molecule has 21 aromatic rings. The molecule has 12 aromatic carbocycles. The minimum atomic E-state index is 0. The summed E-state index contributed by atoms with van der Waals surface area (Å²) in [6.45, 7) is 19.2. The van der Waals surface area contributed by atoms with Crippen molar-refractivity contribution in [2.24, 2.45) is 0 Å². The van der Waals surface area contributed by atoms with Crippen LogP contribution < -0.4 is 23.7 Å². The maximum Gasteiger partial charge on any atom is 2.00 e. The van der Waals surface area contributed by atoms with Crippen molar-refractivity contribution in [3.05, 3.63) is 383 Å². The minimum Gasteiger partial charge on any atom is -0.509 e. The molecule has 18 nitrogen and oxygen atoms in total. The summed E-state index contributed by atoms with van der Waals surface area (Å²) in [4.78, 5) is 13.8. The van der Waals surface area contributed by atoms with E-state index in [1.54, 1.807) is 56.7 Å². The second-order valence-electron chi connectivity index (χ2n) is 31.6. The zero-order chi connectivity index (χ0) is 87.7. The number of phenols is 1. The van der Waals surface area contributed by atoms with Gasteiger partial charge in [-0.1, -0.05) is 155 Å². The Morgan fingerprint density at radius 1 is 0.326 bits per heavy atom. The first-order chi connectivity index (χ1) is 61.8. The number of halogens is 1. The molecule has 0 fully saturated rings. The number of fused-ring (bicyclic) bond motifs is 9. The van der Waals surface area contributed by atoms with Gasteiger partial charge in [0.25, 0.3) is 0 Å². The van der Waals surface area contributed by atoms with Crippen LogP contribution in [-0.2, 0) is 21.1 Å². The van der Waals surface area contributed by atoms with E-state index >= 15 is 0 Å². The van der Waals surface area contributed by atoms with Crippen LogP contribution in [0.3, 0.4) is 0 Å². The summed E-state index contributed by atoms with van der Waals surface area (Å²) in [5, 5.41) is 30.2. The smallest absolute Gasteiger partial charge is 0.509 e. The number of ether oxygens (including phenoxy) is 5. The number of nitrogens with zero attached hydrogens (tertiary/aromatic N) is 12. The number of methoxy groups -OCH3 is 3. The molecule has 129 heavy (non-hydrogen) atoms. The van der Waals surface area contributed by atoms with Gasteiger partial charge in [-0.05, 0) is 208 Å². The summed E-state index contributed by atoms with van der Waals surface area (Å²) >= 11 is 3.57. The molecule has 0 spiro atoms. The molecular formula is C109H93BrN12O6Pt. The Labute approximate surface area is 771 Å². The van der Waals surface area contributed by atoms with Crippen LogP contribution >= 0.6 is 15.9 Å². The molecule has 1 N–H and O–H groups in total. The third-order valence-electron chi connectivity index (χ3n) is 22.7. The summed E-state index contributed by atoms with van der Waals surface area (Å²) in [7, 11) is 4.99. The molecule has 0 aliphatic rings. The predicted molar refractivity (Wildman–Crippen MR) is 519 cm³/mol. The standard InChI is InChI=1S/C36H30N4O2.C36H28N4O2.C18H13BrN2O.C18H18N2O.CH4.Pt/c2*1-23-16-24(2)36(25(3)17-23)26-21-38-39(22-26)27-8-7-9-29(18-27)42-30-12-13-32-31-10-5-6-11-33(31)40(34(32)19-30)35-20-28(41-4)14-15-37-35;1-22-13-8-9-20-18(11-13)21-16-5-3-2-4-14(16)15-7-6-12(19)10-17(15)21;1-12-7-13(2)18(14(3)8-12)15-10-19-20(11-15)16-5-4-6-17(21)9-16;;/h5-22H,1-4H3;5-17,20-22H,1-4H3;2-11H,1H3;4-11,21H,1-3H3;1H4;/q;-2;;;;+2. The number of aromatic nitrogens is 12. The first-order valence-corrected chi connectivity index (χ1v) is 42.4. The predicted octanol–water partition coefficient (Wildman–Crippen LogP) is 26.9. The fourth-order valence-electron chi connectivity index (χ4n) is 17.5. The van der Waals surface area contributed by atoms with E-state index in [2.05, 4.69) is 262 Å². The number of aryl methyl sites for hydroxylation is 9. The Balaban J connectivity index is 0.000000131. The zero-order valence-corrected chi connectivity index (χ0v) is 76.4. The van der Waals surface area contributed by atoms with Crippen LogP contribution in [0.15, 0.2) is 321 Å². The van der Waals surface area contributed by atoms with E-state index in [0.29, 0.717) is 11.5 Å². The van der Waals surface area contributed by atoms with Crippen molar-refractivity contribution < 1.29 is 49.9 Å². The Kier molecular flexibility index (Phi) is 25.6. The van der Waals surface area contributed by atoms with E-state index in [9.17, 15) is 5.11 Å². The number of phenolic OH excluding ortho intramolecular Hbond substituents is 1. The largest absolute Gasteiger partial charge is 2.00 e. The van der Waals surface area contributed by atoms with Gasteiger partial charge in [-0.3, -0.25) is 13.8 Å². The van der Waals surface area contributed by atoms with Crippen LogP contribution in [0.2, 0.25) is 0 Å². The molecule has 21 rings (SSSR count). The SMILES string of the molecule is C.COc1ccnc(-n2c3[c-]c(Oc4[c-]c(-n5cc(-c6c(C)cc(C)cc6C)cn5)ccc4)ccc3c3ccccc32)c1.COc1ccnc(-n2c3ccccc3c3ccc(Br)cc32)c1.COc1ccnc(-n2c3ccccc3c3ccc(Oc4cccc(-n5cc(-c6c(C)cc(C)cc6C)cn5)c4)cc32)c1.Cc1cc(C)c(-c2cnn(-c3cccc(O)c3)c2)c(C)c1.[Pt+2]. The Morgan fingerprint density at radius 3 is 1.22 bits per heavy atom. The van der Waals surface area contributed by atoms with E-state index in [4.69, 9.17) is 23.7 Å². The van der Waals surface area contributed by atoms with Crippen molar-refractivity contribution in [3.63, 3.8) is 0 Å². The van der Waals surface area contributed by atoms with Crippen molar-refractivity contribution in [3.8, 4) is 114 Å². The molecule has 0 saturated carbocycles. The number of benzene rings is 12. The molecule has 9 aromatic heterocycles. The molecule has 642 valence electrons. The third-order valence-corrected chi connectivity index (χ3v) is 23.2. The van der Waals surface area contributed by atoms with Gasteiger partial charge in [0.05, 0.1) is 73.4 Å². The Bertz CT molecular complexity index is 7370. The van der Waals surface area contributed by atoms with E-state index in [1.807, 2.05) is 168 Å². The number of aromatic hydroxyl groups is 1. The van der Waals surface area contributed by atoms with E-state index in [1.165, 1.54) is 77.5 Å². The topological polar surface area (TPSA) is 173 Å². The van der Waals surface area contributed by atoms with Crippen molar-refractivity contribution in [2.45, 2.75) is 69.7 Å². The van der Waals surface area contributed by atoms with Crippen LogP contribution in [0.4, 0.5) is 0 Å². The number of para-hydroxylation sites is 3. The molecule has 0 saturated heterocycles. The second-order valence-corrected chi connectivity index (χ2v) is 32.5. The molecule has 0 aliphatic heterocycles. The van der Waals surface area contributed by atoms with Gasteiger partial charge in [0.1, 0.15) is 52.0 Å². The van der Waals surface area contributed by atoms with Crippen LogP contribution in [0.5, 0.6) is 46.0 Å². The fourth-order valence-corrected chi connectivity index (χ4v) is 17.8. The molecule has 9 heterocycles. The fraction of sp³-hybridized carbons (Fsp3) is 0.119. The van der Waals surface area contributed by atoms with Gasteiger partial charge in [0, 0.05) is 133 Å². The van der Waals surface area contributed by atoms with Crippen molar-refractivity contribution in [2.75, 3.05) is 21.3 Å². The maximum absolute atomic E-state index is 9.58. The first-order valence-electron chi connectivity index (χ1n) is 41.6. The summed E-state index contributed by atoms with van der Waals surface area (Å²) in [5.41, 5.74) is 27.0. The van der Waals surface area contributed by atoms with Gasteiger partial charge < -0.3 is 33.4 Å². The molecule has 20 heteroatoms. The minimum absolute atomic E-state index is 0. The molecular weight excluding hydrogens is 1850 g/mol. The van der Waals surface area contributed by atoms with Gasteiger partial charge >= 0.3 is 21.1 Å². The van der Waals surface area contributed by atoms with Gasteiger partial charge in [-0.2, -0.15) is 27.4 Å². The summed E-state index contributed by atoms with van der Waals surface area (Å²) in [6, 6.07) is 93.8. The van der Waals surface area contributed by atoms with Crippen LogP contribution in [0.25, 0.3) is 133 Å². The zero-order valence-electron chi connectivity index (χ0n) is 72.6. The van der Waals surface area contributed by atoms with E-state index in [-0.39, 0.29) is 34.2 Å². The molecule has 0 amide bonds. The number of hydrogen-bond acceptors (Lipinski definition) is 12. The van der Waals surface area contributed by atoms with Crippen LogP contribution in [0.1, 0.15) is 57.5 Å². The molecule has 0 aliphatic carbocycles.